The fourth-order valence-electron chi connectivity index (χ4n) is 2.29. The van der Waals surface area contributed by atoms with E-state index in [4.69, 9.17) is 9.84 Å². The maximum atomic E-state index is 11.9. The molecule has 0 aromatic heterocycles. The lowest BCUT2D eigenvalue weighted by Gasteiger charge is -2.21. The summed E-state index contributed by atoms with van der Waals surface area (Å²) in [6.07, 6.45) is 5.26. The van der Waals surface area contributed by atoms with E-state index in [1.807, 2.05) is 0 Å². The Balaban J connectivity index is 1.94. The van der Waals surface area contributed by atoms with E-state index in [0.29, 0.717) is 5.56 Å². The topological polar surface area (TPSA) is 72.8 Å². The van der Waals surface area contributed by atoms with Crippen LogP contribution in [0.15, 0.2) is 24.3 Å². The number of carbonyl (C=O) groups excluding carboxylic acids is 2. The number of benzene rings is 1. The maximum Gasteiger partial charge on any atom is 0.340 e. The molecule has 1 aromatic rings. The van der Waals surface area contributed by atoms with Gasteiger partial charge < -0.3 is 14.6 Å². The van der Waals surface area contributed by atoms with Crippen LogP contribution in [-0.4, -0.2) is 29.9 Å². The van der Waals surface area contributed by atoms with Gasteiger partial charge in [-0.15, -0.1) is 0 Å². The number of rotatable bonds is 4. The lowest BCUT2D eigenvalue weighted by atomic mass is 9.98. The summed E-state index contributed by atoms with van der Waals surface area (Å²) in [5, 5.41) is 8.51. The number of aliphatic hydroxyl groups is 1. The lowest BCUT2D eigenvalue weighted by Crippen LogP contribution is -2.21. The predicted molar refractivity (Wildman–Crippen MR) is 71.2 cm³/mol. The number of hydrogen-bond donors (Lipinski definition) is 1. The first kappa shape index (κ1) is 14.5. The highest BCUT2D eigenvalue weighted by molar-refractivity contribution is 5.93. The van der Waals surface area contributed by atoms with Gasteiger partial charge in [0.25, 0.3) is 0 Å². The first-order chi connectivity index (χ1) is 9.70. The summed E-state index contributed by atoms with van der Waals surface area (Å²) in [5.74, 6) is -0.987. The monoisotopic (exact) mass is 278 g/mol. The van der Waals surface area contributed by atoms with Crippen LogP contribution in [-0.2, 0) is 9.47 Å². The molecule has 1 N–H and O–H groups in total. The third kappa shape index (κ3) is 3.81. The van der Waals surface area contributed by atoms with Crippen molar-refractivity contribution in [1.82, 2.24) is 0 Å². The van der Waals surface area contributed by atoms with Crippen molar-refractivity contribution in [1.29, 1.82) is 0 Å². The normalized spacial score (nSPS) is 15.7. The smallest absolute Gasteiger partial charge is 0.340 e. The van der Waals surface area contributed by atoms with Gasteiger partial charge >= 0.3 is 11.9 Å². The molecule has 5 heteroatoms. The Kier molecular flexibility index (Phi) is 5.12. The van der Waals surface area contributed by atoms with Crippen molar-refractivity contribution in [3.05, 3.63) is 35.4 Å². The first-order valence-electron chi connectivity index (χ1n) is 6.79. The largest absolute Gasteiger partial charge is 0.459 e. The summed E-state index contributed by atoms with van der Waals surface area (Å²) < 4.78 is 9.88. The molecule has 1 aliphatic rings. The molecule has 0 atom stereocenters. The molecule has 1 aromatic carbocycles. The summed E-state index contributed by atoms with van der Waals surface area (Å²) in [7, 11) is 0. The summed E-state index contributed by atoms with van der Waals surface area (Å²) in [4.78, 5) is 23.3. The Labute approximate surface area is 117 Å². The molecule has 20 heavy (non-hydrogen) atoms. The number of esters is 2. The van der Waals surface area contributed by atoms with E-state index in [2.05, 4.69) is 4.74 Å². The maximum absolute atomic E-state index is 11.9. The van der Waals surface area contributed by atoms with Gasteiger partial charge in [0.1, 0.15) is 6.10 Å². The zero-order chi connectivity index (χ0) is 14.4. The summed E-state index contributed by atoms with van der Waals surface area (Å²) in [6, 6.07) is 6.02. The van der Waals surface area contributed by atoms with Gasteiger partial charge in [0.05, 0.1) is 11.1 Å². The SMILES string of the molecule is O=C(OCO)c1ccc(C(=O)OC2CCCCC2)cc1. The number of ether oxygens (including phenoxy) is 2. The van der Waals surface area contributed by atoms with Gasteiger partial charge in [0, 0.05) is 0 Å². The molecule has 0 bridgehead atoms. The second-order valence-corrected chi connectivity index (χ2v) is 4.80. The highest BCUT2D eigenvalue weighted by Gasteiger charge is 2.19. The highest BCUT2D eigenvalue weighted by atomic mass is 16.6. The van der Waals surface area contributed by atoms with Crippen LogP contribution in [0.3, 0.4) is 0 Å². The fourth-order valence-corrected chi connectivity index (χ4v) is 2.29. The Morgan fingerprint density at radius 3 is 2.10 bits per heavy atom. The first-order valence-corrected chi connectivity index (χ1v) is 6.79. The standard InChI is InChI=1S/C15H18O5/c16-10-19-14(17)11-6-8-12(9-7-11)15(18)20-13-4-2-1-3-5-13/h6-9,13,16H,1-5,10H2. The van der Waals surface area contributed by atoms with Gasteiger partial charge in [-0.2, -0.15) is 0 Å². The molecule has 1 saturated carbocycles. The minimum atomic E-state index is -0.662. The molecule has 108 valence electrons. The van der Waals surface area contributed by atoms with Crippen LogP contribution in [0.5, 0.6) is 0 Å². The van der Waals surface area contributed by atoms with Crippen LogP contribution in [0.25, 0.3) is 0 Å². The number of hydrogen-bond acceptors (Lipinski definition) is 5. The molecule has 1 aliphatic carbocycles. The second kappa shape index (κ2) is 7.05. The molecule has 5 nitrogen and oxygen atoms in total. The molecule has 0 heterocycles. The molecule has 2 rings (SSSR count). The summed E-state index contributed by atoms with van der Waals surface area (Å²) in [5.41, 5.74) is 0.699. The van der Waals surface area contributed by atoms with Crippen molar-refractivity contribution >= 4 is 11.9 Å². The van der Waals surface area contributed by atoms with E-state index in [1.54, 1.807) is 0 Å². The van der Waals surface area contributed by atoms with Gasteiger partial charge in [0.15, 0.2) is 6.79 Å². The second-order valence-electron chi connectivity index (χ2n) is 4.80. The van der Waals surface area contributed by atoms with Crippen LogP contribution in [0, 0.1) is 0 Å². The van der Waals surface area contributed by atoms with Gasteiger partial charge in [0.2, 0.25) is 0 Å². The van der Waals surface area contributed by atoms with E-state index in [-0.39, 0.29) is 17.6 Å². The van der Waals surface area contributed by atoms with Crippen molar-refractivity contribution in [2.24, 2.45) is 0 Å². The van der Waals surface area contributed by atoms with Crippen LogP contribution < -0.4 is 0 Å². The van der Waals surface area contributed by atoms with E-state index in [9.17, 15) is 9.59 Å². The summed E-state index contributed by atoms with van der Waals surface area (Å²) in [6.45, 7) is -0.662. The summed E-state index contributed by atoms with van der Waals surface area (Å²) >= 11 is 0. The number of carbonyl (C=O) groups is 2. The third-order valence-corrected chi connectivity index (χ3v) is 3.38. The molecular weight excluding hydrogens is 260 g/mol. The molecule has 0 saturated heterocycles. The average molecular weight is 278 g/mol. The zero-order valence-electron chi connectivity index (χ0n) is 11.2. The van der Waals surface area contributed by atoms with Gasteiger partial charge in [-0.25, -0.2) is 9.59 Å². The molecule has 0 amide bonds. The molecule has 0 aliphatic heterocycles. The Morgan fingerprint density at radius 2 is 1.55 bits per heavy atom. The Morgan fingerprint density at radius 1 is 1.00 bits per heavy atom. The molecule has 0 spiro atoms. The van der Waals surface area contributed by atoms with Crippen LogP contribution in [0.4, 0.5) is 0 Å². The molecular formula is C15H18O5. The van der Waals surface area contributed by atoms with Crippen molar-refractivity contribution in [2.75, 3.05) is 6.79 Å². The quantitative estimate of drug-likeness (QED) is 0.675. The number of aliphatic hydroxyl groups excluding tert-OH is 1. The Hall–Kier alpha value is -1.88. The highest BCUT2D eigenvalue weighted by Crippen LogP contribution is 2.21. The zero-order valence-corrected chi connectivity index (χ0v) is 11.2. The lowest BCUT2D eigenvalue weighted by molar-refractivity contribution is 0.00668. The average Bonchev–Trinajstić information content (AvgIpc) is 2.48. The van der Waals surface area contributed by atoms with Gasteiger partial charge in [-0.3, -0.25) is 0 Å². The molecule has 0 unspecified atom stereocenters. The van der Waals surface area contributed by atoms with Gasteiger partial charge in [-0.1, -0.05) is 6.42 Å². The van der Waals surface area contributed by atoms with E-state index >= 15 is 0 Å². The van der Waals surface area contributed by atoms with Crippen molar-refractivity contribution in [2.45, 2.75) is 38.2 Å². The minimum Gasteiger partial charge on any atom is -0.459 e. The van der Waals surface area contributed by atoms with Crippen LogP contribution >= 0.6 is 0 Å². The molecule has 0 radical (unpaired) electrons. The van der Waals surface area contributed by atoms with E-state index in [0.717, 1.165) is 25.7 Å². The fraction of sp³-hybridized carbons (Fsp3) is 0.467. The van der Waals surface area contributed by atoms with Crippen LogP contribution in [0.2, 0.25) is 0 Å². The Bertz CT molecular complexity index is 460. The minimum absolute atomic E-state index is 0.00952. The van der Waals surface area contributed by atoms with Gasteiger partial charge in [-0.05, 0) is 49.9 Å². The van der Waals surface area contributed by atoms with Crippen molar-refractivity contribution in [3.63, 3.8) is 0 Å². The predicted octanol–water partition coefficient (Wildman–Crippen LogP) is 2.28. The van der Waals surface area contributed by atoms with E-state index < -0.39 is 12.8 Å². The van der Waals surface area contributed by atoms with Crippen molar-refractivity contribution in [3.8, 4) is 0 Å². The van der Waals surface area contributed by atoms with Crippen LogP contribution in [0.1, 0.15) is 52.8 Å². The van der Waals surface area contributed by atoms with Crippen molar-refractivity contribution < 1.29 is 24.2 Å². The molecule has 1 fully saturated rings. The van der Waals surface area contributed by atoms with E-state index in [1.165, 1.54) is 30.7 Å². The third-order valence-electron chi connectivity index (χ3n) is 3.38.